The maximum Gasteiger partial charge on any atom is 0.257 e. The molecule has 0 aliphatic carbocycles. The van der Waals surface area contributed by atoms with E-state index in [4.69, 9.17) is 4.74 Å². The zero-order chi connectivity index (χ0) is 19.5. The van der Waals surface area contributed by atoms with Crippen molar-refractivity contribution in [1.29, 1.82) is 0 Å². The van der Waals surface area contributed by atoms with Gasteiger partial charge in [-0.2, -0.15) is 0 Å². The van der Waals surface area contributed by atoms with Gasteiger partial charge in [-0.3, -0.25) is 19.9 Å². The zero-order valence-electron chi connectivity index (χ0n) is 14.9. The third-order valence-electron chi connectivity index (χ3n) is 4.15. The number of hydrogen-bond acceptors (Lipinski definition) is 6. The predicted octanol–water partition coefficient (Wildman–Crippen LogP) is 4.18. The predicted molar refractivity (Wildman–Crippen MR) is 108 cm³/mol. The van der Waals surface area contributed by atoms with Crippen molar-refractivity contribution in [3.05, 3.63) is 83.7 Å². The van der Waals surface area contributed by atoms with Gasteiger partial charge in [0.2, 0.25) is 0 Å². The van der Waals surface area contributed by atoms with Crippen molar-refractivity contribution >= 4 is 38.4 Å². The minimum atomic E-state index is -0.286. The smallest absolute Gasteiger partial charge is 0.257 e. The summed E-state index contributed by atoms with van der Waals surface area (Å²) in [6.45, 7) is 0. The van der Waals surface area contributed by atoms with Gasteiger partial charge in [0.1, 0.15) is 5.75 Å². The summed E-state index contributed by atoms with van der Waals surface area (Å²) >= 11 is 1.37. The van der Waals surface area contributed by atoms with E-state index in [1.807, 2.05) is 18.2 Å². The van der Waals surface area contributed by atoms with E-state index in [0.717, 1.165) is 16.0 Å². The van der Waals surface area contributed by atoms with Crippen LogP contribution in [0.5, 0.6) is 5.75 Å². The van der Waals surface area contributed by atoms with Gasteiger partial charge in [-0.1, -0.05) is 23.5 Å². The van der Waals surface area contributed by atoms with Crippen LogP contribution in [0, 0.1) is 0 Å². The lowest BCUT2D eigenvalue weighted by molar-refractivity contribution is 0.102. The van der Waals surface area contributed by atoms with Gasteiger partial charge in [-0.05, 0) is 42.5 Å². The van der Waals surface area contributed by atoms with Crippen LogP contribution < -0.4 is 10.1 Å². The highest BCUT2D eigenvalue weighted by Crippen LogP contribution is 2.29. The summed E-state index contributed by atoms with van der Waals surface area (Å²) in [5, 5.41) is 3.30. The topological polar surface area (TPSA) is 81.2 Å². The Morgan fingerprint density at radius 2 is 1.79 bits per heavy atom. The van der Waals surface area contributed by atoms with Crippen LogP contribution >= 0.6 is 11.3 Å². The number of benzene rings is 2. The van der Waals surface area contributed by atoms with E-state index in [1.165, 1.54) is 17.5 Å². The normalized spacial score (nSPS) is 10.6. The van der Waals surface area contributed by atoms with Gasteiger partial charge in [0.05, 0.1) is 17.3 Å². The molecule has 0 bridgehead atoms. The van der Waals surface area contributed by atoms with Crippen LogP contribution in [0.4, 0.5) is 5.13 Å². The van der Waals surface area contributed by atoms with Crippen LogP contribution in [0.1, 0.15) is 26.3 Å². The molecule has 7 heteroatoms. The maximum absolute atomic E-state index is 12.5. The number of rotatable bonds is 5. The molecule has 4 rings (SSSR count). The third kappa shape index (κ3) is 3.60. The highest BCUT2D eigenvalue weighted by molar-refractivity contribution is 7.22. The minimum absolute atomic E-state index is 0.139. The van der Waals surface area contributed by atoms with E-state index in [9.17, 15) is 9.59 Å². The number of hydrogen-bond donors (Lipinski definition) is 1. The molecule has 2 aromatic heterocycles. The number of ether oxygens (including phenoxy) is 1. The summed E-state index contributed by atoms with van der Waals surface area (Å²) in [7, 11) is 1.60. The Bertz CT molecular complexity index is 1150. The molecule has 2 heterocycles. The Kier molecular flexibility index (Phi) is 4.82. The first kappa shape index (κ1) is 17.8. The monoisotopic (exact) mass is 389 g/mol. The number of nitrogens with one attached hydrogen (secondary N) is 1. The van der Waals surface area contributed by atoms with E-state index in [2.05, 4.69) is 15.3 Å². The number of fused-ring (bicyclic) bond motifs is 1. The van der Waals surface area contributed by atoms with Crippen molar-refractivity contribution < 1.29 is 14.3 Å². The van der Waals surface area contributed by atoms with Crippen molar-refractivity contribution in [3.63, 3.8) is 0 Å². The van der Waals surface area contributed by atoms with Crippen molar-refractivity contribution in [2.45, 2.75) is 0 Å². The number of ketones is 1. The molecular formula is C21H15N3O3S. The van der Waals surface area contributed by atoms with Gasteiger partial charge in [0.15, 0.2) is 10.9 Å². The van der Waals surface area contributed by atoms with Gasteiger partial charge in [0.25, 0.3) is 5.91 Å². The zero-order valence-corrected chi connectivity index (χ0v) is 15.7. The minimum Gasteiger partial charge on any atom is -0.497 e. The van der Waals surface area contributed by atoms with E-state index in [1.54, 1.807) is 49.7 Å². The van der Waals surface area contributed by atoms with Crippen LogP contribution in [-0.2, 0) is 0 Å². The Balaban J connectivity index is 1.50. The Labute approximate surface area is 164 Å². The number of thiazole rings is 1. The largest absolute Gasteiger partial charge is 0.497 e. The molecule has 0 saturated carbocycles. The van der Waals surface area contributed by atoms with Gasteiger partial charge in [-0.25, -0.2) is 4.98 Å². The number of aromatic nitrogens is 2. The molecule has 2 aromatic carbocycles. The number of amides is 1. The highest BCUT2D eigenvalue weighted by atomic mass is 32.1. The summed E-state index contributed by atoms with van der Waals surface area (Å²) in [4.78, 5) is 33.3. The van der Waals surface area contributed by atoms with Crippen LogP contribution in [0.25, 0.3) is 10.2 Å². The molecule has 0 aliphatic rings. The average molecular weight is 389 g/mol. The van der Waals surface area contributed by atoms with Crippen LogP contribution in [0.2, 0.25) is 0 Å². The van der Waals surface area contributed by atoms with Crippen molar-refractivity contribution in [3.8, 4) is 5.75 Å². The second-order valence-corrected chi connectivity index (χ2v) is 6.99. The summed E-state index contributed by atoms with van der Waals surface area (Å²) in [5.74, 6) is 0.314. The number of pyridine rings is 1. The molecule has 0 saturated heterocycles. The molecule has 1 N–H and O–H groups in total. The number of anilines is 1. The molecule has 1 amide bonds. The van der Waals surface area contributed by atoms with E-state index in [0.29, 0.717) is 21.8 Å². The maximum atomic E-state index is 12.5. The van der Waals surface area contributed by atoms with Crippen LogP contribution in [0.3, 0.4) is 0 Å². The molecule has 6 nitrogen and oxygen atoms in total. The van der Waals surface area contributed by atoms with Gasteiger partial charge >= 0.3 is 0 Å². The number of carbonyl (C=O) groups excluding carboxylic acids is 2. The van der Waals surface area contributed by atoms with Gasteiger partial charge in [0, 0.05) is 29.1 Å². The fourth-order valence-electron chi connectivity index (χ4n) is 2.69. The van der Waals surface area contributed by atoms with Crippen molar-refractivity contribution in [2.75, 3.05) is 12.4 Å². The number of nitrogens with zero attached hydrogens (tertiary/aromatic N) is 2. The van der Waals surface area contributed by atoms with Crippen molar-refractivity contribution in [2.24, 2.45) is 0 Å². The van der Waals surface area contributed by atoms with E-state index < -0.39 is 0 Å². The standard InChI is InChI=1S/C21H15N3O3S/c1-27-16-8-9-17-18(11-16)28-21(23-17)24-20(26)14-6-4-13(5-7-14)19(25)15-3-2-10-22-12-15/h2-12H,1H3,(H,23,24,26). The average Bonchev–Trinajstić information content (AvgIpc) is 3.15. The quantitative estimate of drug-likeness (QED) is 0.518. The molecule has 0 aliphatic heterocycles. The second-order valence-electron chi connectivity index (χ2n) is 5.95. The Morgan fingerprint density at radius 1 is 1.00 bits per heavy atom. The fraction of sp³-hybridized carbons (Fsp3) is 0.0476. The van der Waals surface area contributed by atoms with Gasteiger partial charge < -0.3 is 4.74 Å². The summed E-state index contributed by atoms with van der Waals surface area (Å²) in [5.41, 5.74) is 2.24. The van der Waals surface area contributed by atoms with E-state index in [-0.39, 0.29) is 11.7 Å². The SMILES string of the molecule is COc1ccc2nc(NC(=O)c3ccc(C(=O)c4cccnc4)cc3)sc2c1. The first-order valence-corrected chi connectivity index (χ1v) is 9.26. The lowest BCUT2D eigenvalue weighted by atomic mass is 10.0. The molecule has 0 radical (unpaired) electrons. The molecular weight excluding hydrogens is 374 g/mol. The molecule has 0 unspecified atom stereocenters. The van der Waals surface area contributed by atoms with Crippen LogP contribution in [0.15, 0.2) is 67.0 Å². The number of carbonyl (C=O) groups is 2. The molecule has 28 heavy (non-hydrogen) atoms. The Hall–Kier alpha value is -3.58. The molecule has 4 aromatic rings. The first-order chi connectivity index (χ1) is 13.6. The Morgan fingerprint density at radius 3 is 2.50 bits per heavy atom. The third-order valence-corrected chi connectivity index (χ3v) is 5.08. The van der Waals surface area contributed by atoms with Crippen molar-refractivity contribution in [1.82, 2.24) is 9.97 Å². The second kappa shape index (κ2) is 7.58. The molecule has 138 valence electrons. The summed E-state index contributed by atoms with van der Waals surface area (Å²) < 4.78 is 6.13. The lowest BCUT2D eigenvalue weighted by Crippen LogP contribution is -2.12. The van der Waals surface area contributed by atoms with Crippen LogP contribution in [-0.4, -0.2) is 28.8 Å². The summed E-state index contributed by atoms with van der Waals surface area (Å²) in [6.07, 6.45) is 3.13. The fourth-order valence-corrected chi connectivity index (χ4v) is 3.58. The first-order valence-electron chi connectivity index (χ1n) is 8.45. The number of methoxy groups -OCH3 is 1. The highest BCUT2D eigenvalue weighted by Gasteiger charge is 2.13. The molecule has 0 atom stereocenters. The summed E-state index contributed by atoms with van der Waals surface area (Å²) in [6, 6.07) is 15.5. The molecule has 0 fully saturated rings. The van der Waals surface area contributed by atoms with E-state index >= 15 is 0 Å². The molecule has 0 spiro atoms. The lowest BCUT2D eigenvalue weighted by Gasteiger charge is -2.04. The van der Waals surface area contributed by atoms with Gasteiger partial charge in [-0.15, -0.1) is 0 Å².